The first-order valence-corrected chi connectivity index (χ1v) is 11.2. The number of aromatic hydroxyl groups is 1. The van der Waals surface area contributed by atoms with Gasteiger partial charge in [0.05, 0.1) is 18.6 Å². The molecule has 7 heteroatoms. The molecule has 0 saturated heterocycles. The number of carbonyl (C=O) groups excluding carboxylic acids is 2. The van der Waals surface area contributed by atoms with Crippen LogP contribution in [0.3, 0.4) is 0 Å². The highest BCUT2D eigenvalue weighted by atomic mass is 19.1. The maximum Gasteiger partial charge on any atom is 0.341 e. The van der Waals surface area contributed by atoms with Crippen LogP contribution < -0.4 is 4.74 Å². The third-order valence-corrected chi connectivity index (χ3v) is 6.52. The molecule has 6 nitrogen and oxygen atoms in total. The van der Waals surface area contributed by atoms with Crippen molar-refractivity contribution in [1.82, 2.24) is 0 Å². The highest BCUT2D eigenvalue weighted by molar-refractivity contribution is 5.92. The van der Waals surface area contributed by atoms with Gasteiger partial charge >= 0.3 is 11.9 Å². The Hall–Kier alpha value is -3.61. The van der Waals surface area contributed by atoms with E-state index in [1.165, 1.54) is 7.11 Å². The summed E-state index contributed by atoms with van der Waals surface area (Å²) in [5.74, 6) is -2.46. The number of rotatable bonds is 6. The number of methoxy groups -OCH3 is 1. The average molecular weight is 467 g/mol. The molecule has 3 aromatic rings. The highest BCUT2D eigenvalue weighted by Gasteiger charge is 2.40. The van der Waals surface area contributed by atoms with Gasteiger partial charge in [-0.05, 0) is 48.9 Å². The Morgan fingerprint density at radius 1 is 1.09 bits per heavy atom. The van der Waals surface area contributed by atoms with Crippen LogP contribution >= 0.6 is 0 Å². The Bertz CT molecular complexity index is 1210. The van der Waals surface area contributed by atoms with Gasteiger partial charge in [-0.25, -0.2) is 9.18 Å². The van der Waals surface area contributed by atoms with Gasteiger partial charge in [0, 0.05) is 12.1 Å². The summed E-state index contributed by atoms with van der Waals surface area (Å²) in [7, 11) is 1.17. The highest BCUT2D eigenvalue weighted by Crippen LogP contribution is 2.39. The summed E-state index contributed by atoms with van der Waals surface area (Å²) in [5, 5.41) is 11.9. The Labute approximate surface area is 197 Å². The summed E-state index contributed by atoms with van der Waals surface area (Å²) in [6.07, 6.45) is 1.76. The van der Waals surface area contributed by atoms with Gasteiger partial charge in [0.25, 0.3) is 0 Å². The molecule has 1 aliphatic rings. The number of ether oxygens (including phenoxy) is 3. The van der Waals surface area contributed by atoms with Crippen LogP contribution in [0.1, 0.15) is 48.5 Å². The van der Waals surface area contributed by atoms with Crippen LogP contribution in [0.2, 0.25) is 0 Å². The van der Waals surface area contributed by atoms with Crippen LogP contribution in [0.5, 0.6) is 11.5 Å². The molecule has 1 saturated carbocycles. The van der Waals surface area contributed by atoms with Crippen LogP contribution in [0, 0.1) is 11.2 Å². The number of hydrogen-bond donors (Lipinski definition) is 1. The number of hydrogen-bond acceptors (Lipinski definition) is 6. The monoisotopic (exact) mass is 466 g/mol. The Morgan fingerprint density at radius 3 is 2.53 bits per heavy atom. The van der Waals surface area contributed by atoms with E-state index in [1.54, 1.807) is 0 Å². The molecule has 0 bridgehead atoms. The molecular formula is C27H27FO6. The molecule has 0 unspecified atom stereocenters. The van der Waals surface area contributed by atoms with Gasteiger partial charge in [-0.15, -0.1) is 0 Å². The Morgan fingerprint density at radius 2 is 1.79 bits per heavy atom. The molecule has 0 spiro atoms. The number of phenolic OH excluding ortho intramolecular Hbond substituents is 1. The zero-order chi connectivity index (χ0) is 24.3. The van der Waals surface area contributed by atoms with Crippen molar-refractivity contribution in [1.29, 1.82) is 0 Å². The largest absolute Gasteiger partial charge is 0.507 e. The lowest BCUT2D eigenvalue weighted by Gasteiger charge is -2.35. The van der Waals surface area contributed by atoms with Gasteiger partial charge in [0.1, 0.15) is 17.9 Å². The fraction of sp³-hybridized carbons (Fsp3) is 0.333. The molecule has 0 aromatic heterocycles. The SMILES string of the molecule is COC(=O)c1cc(O[C@H]2CC[C@@](C)(C(=O)OCc3cccc4ccccc34)CC2)c(F)cc1O. The van der Waals surface area contributed by atoms with Crippen LogP contribution in [0.4, 0.5) is 4.39 Å². The minimum atomic E-state index is -0.785. The summed E-state index contributed by atoms with van der Waals surface area (Å²) in [6.45, 7) is 2.08. The first kappa shape index (κ1) is 23.5. The third kappa shape index (κ3) is 4.83. The van der Waals surface area contributed by atoms with Gasteiger partial charge in [-0.1, -0.05) is 42.5 Å². The van der Waals surface area contributed by atoms with Crippen molar-refractivity contribution in [2.45, 2.75) is 45.3 Å². The van der Waals surface area contributed by atoms with Gasteiger partial charge < -0.3 is 19.3 Å². The summed E-state index contributed by atoms with van der Waals surface area (Å²) in [4.78, 5) is 24.7. The first-order chi connectivity index (χ1) is 16.3. The smallest absolute Gasteiger partial charge is 0.341 e. The molecule has 0 atom stereocenters. The third-order valence-electron chi connectivity index (χ3n) is 6.52. The molecule has 0 heterocycles. The van der Waals surface area contributed by atoms with Crippen LogP contribution in [0.15, 0.2) is 54.6 Å². The molecule has 1 aliphatic carbocycles. The predicted octanol–water partition coefficient (Wildman–Crippen LogP) is 5.54. The normalized spacial score (nSPS) is 20.0. The summed E-state index contributed by atoms with van der Waals surface area (Å²) in [5.41, 5.74) is 0.127. The fourth-order valence-electron chi connectivity index (χ4n) is 4.37. The second kappa shape index (κ2) is 9.71. The number of halogens is 1. The zero-order valence-electron chi connectivity index (χ0n) is 19.2. The molecule has 178 valence electrons. The van der Waals surface area contributed by atoms with E-state index in [1.807, 2.05) is 49.4 Å². The molecular weight excluding hydrogens is 439 g/mol. The number of carbonyl (C=O) groups is 2. The maximum atomic E-state index is 14.3. The minimum Gasteiger partial charge on any atom is -0.507 e. The van der Waals surface area contributed by atoms with E-state index in [0.29, 0.717) is 25.7 Å². The Kier molecular flexibility index (Phi) is 6.72. The molecule has 34 heavy (non-hydrogen) atoms. The minimum absolute atomic E-state index is 0.134. The maximum absolute atomic E-state index is 14.3. The van der Waals surface area contributed by atoms with Gasteiger partial charge in [-0.2, -0.15) is 0 Å². The topological polar surface area (TPSA) is 82.1 Å². The van der Waals surface area contributed by atoms with E-state index >= 15 is 0 Å². The fourth-order valence-corrected chi connectivity index (χ4v) is 4.37. The van der Waals surface area contributed by atoms with E-state index in [9.17, 15) is 19.1 Å². The number of fused-ring (bicyclic) bond motifs is 1. The van der Waals surface area contributed by atoms with Crippen molar-refractivity contribution < 1.29 is 33.3 Å². The molecule has 0 radical (unpaired) electrons. The lowest BCUT2D eigenvalue weighted by molar-refractivity contribution is -0.159. The number of benzene rings is 3. The van der Waals surface area contributed by atoms with Crippen molar-refractivity contribution in [3.63, 3.8) is 0 Å². The first-order valence-electron chi connectivity index (χ1n) is 11.2. The van der Waals surface area contributed by atoms with Gasteiger partial charge in [0.15, 0.2) is 11.6 Å². The van der Waals surface area contributed by atoms with E-state index in [-0.39, 0.29) is 30.0 Å². The molecule has 3 aromatic carbocycles. The van der Waals surface area contributed by atoms with Crippen molar-refractivity contribution in [2.75, 3.05) is 7.11 Å². The van der Waals surface area contributed by atoms with Crippen LogP contribution in [0.25, 0.3) is 10.8 Å². The number of esters is 2. The zero-order valence-corrected chi connectivity index (χ0v) is 19.2. The van der Waals surface area contributed by atoms with E-state index in [4.69, 9.17) is 9.47 Å². The standard InChI is InChI=1S/C27H27FO6/c1-27(26(31)33-16-18-8-5-7-17-6-3-4-9-20(17)18)12-10-19(11-13-27)34-24-14-21(25(30)32-2)23(29)15-22(24)28/h3-9,14-15,19,29H,10-13,16H2,1-2H3/t19-,27+. The van der Waals surface area contributed by atoms with Gasteiger partial charge in [-0.3, -0.25) is 4.79 Å². The van der Waals surface area contributed by atoms with E-state index < -0.39 is 23.0 Å². The Balaban J connectivity index is 1.37. The average Bonchev–Trinajstić information content (AvgIpc) is 2.85. The van der Waals surface area contributed by atoms with Crippen LogP contribution in [-0.4, -0.2) is 30.3 Å². The van der Waals surface area contributed by atoms with Crippen molar-refractivity contribution >= 4 is 22.7 Å². The van der Waals surface area contributed by atoms with Crippen molar-refractivity contribution in [2.24, 2.45) is 5.41 Å². The number of phenols is 1. The second-order valence-corrected chi connectivity index (χ2v) is 8.88. The summed E-state index contributed by atoms with van der Waals surface area (Å²) in [6, 6.07) is 15.9. The quantitative estimate of drug-likeness (QED) is 0.480. The van der Waals surface area contributed by atoms with E-state index in [0.717, 1.165) is 28.5 Å². The molecule has 0 aliphatic heterocycles. The lowest BCUT2D eigenvalue weighted by atomic mass is 9.74. The molecule has 1 fully saturated rings. The summed E-state index contributed by atoms with van der Waals surface area (Å²) < 4.78 is 30.4. The lowest BCUT2D eigenvalue weighted by Crippen LogP contribution is -2.37. The molecule has 4 rings (SSSR count). The predicted molar refractivity (Wildman–Crippen MR) is 124 cm³/mol. The molecule has 0 amide bonds. The van der Waals surface area contributed by atoms with E-state index in [2.05, 4.69) is 4.74 Å². The van der Waals surface area contributed by atoms with Crippen molar-refractivity contribution in [3.05, 3.63) is 71.5 Å². The molecule has 1 N–H and O–H groups in total. The van der Waals surface area contributed by atoms with Gasteiger partial charge in [0.2, 0.25) is 0 Å². The van der Waals surface area contributed by atoms with Crippen molar-refractivity contribution in [3.8, 4) is 11.5 Å². The van der Waals surface area contributed by atoms with Crippen LogP contribution in [-0.2, 0) is 20.9 Å². The second-order valence-electron chi connectivity index (χ2n) is 8.88. The summed E-state index contributed by atoms with van der Waals surface area (Å²) >= 11 is 0.